The number of ether oxygens (including phenoxy) is 3. The van der Waals surface area contributed by atoms with E-state index < -0.39 is 6.10 Å². The van der Waals surface area contributed by atoms with Gasteiger partial charge in [0.2, 0.25) is 0 Å². The zero-order chi connectivity index (χ0) is 58.5. The van der Waals surface area contributed by atoms with Crippen molar-refractivity contribution in [3.05, 3.63) is 48.6 Å². The van der Waals surface area contributed by atoms with Crippen LogP contribution in [0, 0.1) is 0 Å². The largest absolute Gasteiger partial charge is 0.462 e. The summed E-state index contributed by atoms with van der Waals surface area (Å²) in [5.41, 5.74) is 0. The van der Waals surface area contributed by atoms with Crippen LogP contribution in [0.5, 0.6) is 0 Å². The monoisotopic (exact) mass is 1140 g/mol. The van der Waals surface area contributed by atoms with Gasteiger partial charge in [-0.2, -0.15) is 0 Å². The molecule has 6 nitrogen and oxygen atoms in total. The molecule has 0 aliphatic rings. The average Bonchev–Trinajstić information content (AvgIpc) is 3.47. The van der Waals surface area contributed by atoms with Gasteiger partial charge in [0.15, 0.2) is 6.10 Å². The lowest BCUT2D eigenvalue weighted by molar-refractivity contribution is -0.167. The summed E-state index contributed by atoms with van der Waals surface area (Å²) < 4.78 is 17.0. The van der Waals surface area contributed by atoms with Crippen LogP contribution in [-0.4, -0.2) is 37.2 Å². The predicted octanol–water partition coefficient (Wildman–Crippen LogP) is 24.9. The number of carbonyl (C=O) groups excluding carboxylic acids is 3. The van der Waals surface area contributed by atoms with Crippen LogP contribution in [-0.2, 0) is 28.6 Å². The molecule has 0 radical (unpaired) electrons. The van der Waals surface area contributed by atoms with Crippen molar-refractivity contribution >= 4 is 17.9 Å². The maximum absolute atomic E-state index is 12.9. The van der Waals surface area contributed by atoms with Crippen LogP contribution >= 0.6 is 0 Å². The van der Waals surface area contributed by atoms with E-state index in [0.29, 0.717) is 19.3 Å². The number of hydrogen-bond donors (Lipinski definition) is 0. The Morgan fingerprint density at radius 1 is 0.247 bits per heavy atom. The molecule has 6 heteroatoms. The van der Waals surface area contributed by atoms with Crippen LogP contribution in [0.3, 0.4) is 0 Å². The average molecular weight is 1140 g/mol. The van der Waals surface area contributed by atoms with Crippen molar-refractivity contribution in [1.29, 1.82) is 0 Å². The Kier molecular flexibility index (Phi) is 67.6. The number of hydrogen-bond acceptors (Lipinski definition) is 6. The first-order valence-corrected chi connectivity index (χ1v) is 36.1. The third kappa shape index (κ3) is 68.0. The molecule has 0 aliphatic carbocycles. The number of unbranched alkanes of at least 4 members (excludes halogenated alkanes) is 48. The normalized spacial score (nSPS) is 12.3. The van der Waals surface area contributed by atoms with Gasteiger partial charge in [-0.1, -0.05) is 345 Å². The van der Waals surface area contributed by atoms with Crippen LogP contribution in [0.1, 0.15) is 393 Å². The molecule has 0 aromatic heterocycles. The molecule has 0 bridgehead atoms. The second-order valence-corrected chi connectivity index (χ2v) is 24.5. The highest BCUT2D eigenvalue weighted by Gasteiger charge is 2.19. The lowest BCUT2D eigenvalue weighted by Gasteiger charge is -2.18. The molecule has 0 aliphatic heterocycles. The summed E-state index contributed by atoms with van der Waals surface area (Å²) in [5.74, 6) is -0.856. The fourth-order valence-electron chi connectivity index (χ4n) is 10.9. The summed E-state index contributed by atoms with van der Waals surface area (Å²) in [6.45, 7) is 6.63. The van der Waals surface area contributed by atoms with E-state index in [-0.39, 0.29) is 31.1 Å². The molecule has 0 amide bonds. The molecule has 0 aromatic rings. The SMILES string of the molecule is CCC/C=C\CCCCCCCC(=O)OCC(COC(=O)CCCCCCCCCCCCCCCCCC/C=C\C/C=C\C/C=C\CCCCCCC)OC(=O)CCCCCCCCCCCCCCCCCCCCCCCC. The van der Waals surface area contributed by atoms with Crippen molar-refractivity contribution in [2.45, 2.75) is 399 Å². The van der Waals surface area contributed by atoms with E-state index in [1.807, 2.05) is 0 Å². The van der Waals surface area contributed by atoms with Crippen molar-refractivity contribution < 1.29 is 28.6 Å². The van der Waals surface area contributed by atoms with E-state index in [0.717, 1.165) is 83.5 Å². The summed E-state index contributed by atoms with van der Waals surface area (Å²) in [6.07, 6.45) is 88.8. The first-order valence-electron chi connectivity index (χ1n) is 36.1. The molecule has 0 spiro atoms. The fourth-order valence-corrected chi connectivity index (χ4v) is 10.9. The molecule has 1 unspecified atom stereocenters. The first-order chi connectivity index (χ1) is 40.0. The van der Waals surface area contributed by atoms with Gasteiger partial charge in [-0.05, 0) is 77.0 Å². The fraction of sp³-hybridized carbons (Fsp3) is 0.853. The van der Waals surface area contributed by atoms with E-state index in [1.165, 1.54) is 270 Å². The minimum Gasteiger partial charge on any atom is -0.462 e. The minimum absolute atomic E-state index is 0.0707. The molecular weight excluding hydrogens is 997 g/mol. The van der Waals surface area contributed by atoms with Crippen molar-refractivity contribution in [3.8, 4) is 0 Å². The third-order valence-corrected chi connectivity index (χ3v) is 16.3. The lowest BCUT2D eigenvalue weighted by atomic mass is 10.0. The Morgan fingerprint density at radius 3 is 0.753 bits per heavy atom. The second-order valence-electron chi connectivity index (χ2n) is 24.5. The second kappa shape index (κ2) is 69.9. The van der Waals surface area contributed by atoms with E-state index >= 15 is 0 Å². The molecule has 474 valence electrons. The Labute approximate surface area is 505 Å². The van der Waals surface area contributed by atoms with Crippen molar-refractivity contribution in [2.75, 3.05) is 13.2 Å². The van der Waals surface area contributed by atoms with Crippen LogP contribution in [0.2, 0.25) is 0 Å². The predicted molar refractivity (Wildman–Crippen MR) is 353 cm³/mol. The van der Waals surface area contributed by atoms with E-state index in [9.17, 15) is 14.4 Å². The van der Waals surface area contributed by atoms with Crippen LogP contribution < -0.4 is 0 Å². The summed E-state index contributed by atoms with van der Waals surface area (Å²) in [4.78, 5) is 38.3. The Bertz CT molecular complexity index is 1400. The molecule has 0 rings (SSSR count). The van der Waals surface area contributed by atoms with E-state index in [1.54, 1.807) is 0 Å². The Balaban J connectivity index is 4.11. The third-order valence-electron chi connectivity index (χ3n) is 16.3. The molecule has 81 heavy (non-hydrogen) atoms. The number of carbonyl (C=O) groups is 3. The van der Waals surface area contributed by atoms with Crippen molar-refractivity contribution in [1.82, 2.24) is 0 Å². The van der Waals surface area contributed by atoms with Gasteiger partial charge >= 0.3 is 17.9 Å². The highest BCUT2D eigenvalue weighted by Crippen LogP contribution is 2.19. The van der Waals surface area contributed by atoms with Gasteiger partial charge in [-0.15, -0.1) is 0 Å². The van der Waals surface area contributed by atoms with Crippen LogP contribution in [0.4, 0.5) is 0 Å². The van der Waals surface area contributed by atoms with Gasteiger partial charge in [-0.3, -0.25) is 14.4 Å². The summed E-state index contributed by atoms with van der Waals surface area (Å²) in [5, 5.41) is 0. The maximum Gasteiger partial charge on any atom is 0.306 e. The van der Waals surface area contributed by atoms with Gasteiger partial charge in [0.05, 0.1) is 0 Å². The van der Waals surface area contributed by atoms with E-state index in [2.05, 4.69) is 69.4 Å². The topological polar surface area (TPSA) is 78.9 Å². The highest BCUT2D eigenvalue weighted by molar-refractivity contribution is 5.71. The molecule has 0 heterocycles. The smallest absolute Gasteiger partial charge is 0.306 e. The lowest BCUT2D eigenvalue weighted by Crippen LogP contribution is -2.30. The summed E-state index contributed by atoms with van der Waals surface area (Å²) in [6, 6.07) is 0. The Hall–Kier alpha value is -2.63. The minimum atomic E-state index is -0.774. The van der Waals surface area contributed by atoms with Gasteiger partial charge in [-0.25, -0.2) is 0 Å². The molecule has 0 N–H and O–H groups in total. The van der Waals surface area contributed by atoms with Gasteiger partial charge < -0.3 is 14.2 Å². The molecule has 0 aromatic carbocycles. The molecule has 0 saturated carbocycles. The zero-order valence-electron chi connectivity index (χ0n) is 54.6. The first kappa shape index (κ1) is 78.4. The quantitative estimate of drug-likeness (QED) is 0.0261. The summed E-state index contributed by atoms with van der Waals surface area (Å²) in [7, 11) is 0. The zero-order valence-corrected chi connectivity index (χ0v) is 54.6. The van der Waals surface area contributed by atoms with Crippen LogP contribution in [0.25, 0.3) is 0 Å². The molecular formula is C75H138O6. The molecule has 0 saturated heterocycles. The molecule has 1 atom stereocenters. The number of allylic oxidation sites excluding steroid dienone is 8. The Morgan fingerprint density at radius 2 is 0.469 bits per heavy atom. The number of esters is 3. The summed E-state index contributed by atoms with van der Waals surface area (Å²) >= 11 is 0. The van der Waals surface area contributed by atoms with E-state index in [4.69, 9.17) is 14.2 Å². The van der Waals surface area contributed by atoms with Crippen LogP contribution in [0.15, 0.2) is 48.6 Å². The maximum atomic E-state index is 12.9. The van der Waals surface area contributed by atoms with Crippen molar-refractivity contribution in [2.24, 2.45) is 0 Å². The van der Waals surface area contributed by atoms with Crippen molar-refractivity contribution in [3.63, 3.8) is 0 Å². The van der Waals surface area contributed by atoms with Gasteiger partial charge in [0, 0.05) is 19.3 Å². The molecule has 0 fully saturated rings. The highest BCUT2D eigenvalue weighted by atomic mass is 16.6. The number of rotatable bonds is 67. The van der Waals surface area contributed by atoms with Gasteiger partial charge in [0.1, 0.15) is 13.2 Å². The standard InChI is InChI=1S/C75H138O6/c1-4-7-10-13-16-19-22-24-26-28-30-32-34-35-36-37-38-39-40-41-42-44-45-47-49-51-53-56-59-62-65-68-74(77)80-71-72(70-79-73(76)67-64-61-58-55-21-18-15-12-9-6-3)81-75(78)69-66-63-60-57-54-52-50-48-46-43-33-31-29-27-25-23-20-17-14-11-8-5-2/h12,15,22,24,28,30,34-35,72H,4-11,13-14,16-21,23,25-27,29,31-33,36-71H2,1-3H3/b15-12-,24-22-,30-28-,35-34-. The van der Waals surface area contributed by atoms with Gasteiger partial charge in [0.25, 0.3) is 0 Å².